The fourth-order valence-electron chi connectivity index (χ4n) is 7.80. The number of benzene rings is 2. The van der Waals surface area contributed by atoms with Crippen LogP contribution in [0.25, 0.3) is 0 Å². The Morgan fingerprint density at radius 1 is 1.10 bits per heavy atom. The van der Waals surface area contributed by atoms with Gasteiger partial charge in [0.2, 0.25) is 0 Å². The van der Waals surface area contributed by atoms with Crippen molar-refractivity contribution in [2.75, 3.05) is 24.6 Å². The van der Waals surface area contributed by atoms with Crippen LogP contribution in [0.3, 0.4) is 0 Å². The smallest absolute Gasteiger partial charge is 0.263 e. The van der Waals surface area contributed by atoms with Gasteiger partial charge in [-0.2, -0.15) is 0 Å². The molecule has 7 atom stereocenters. The zero-order chi connectivity index (χ0) is 28.9. The lowest BCUT2D eigenvalue weighted by molar-refractivity contribution is -0.0746. The van der Waals surface area contributed by atoms with Gasteiger partial charge in [-0.05, 0) is 118 Å². The Kier molecular flexibility index (Phi) is 7.92. The van der Waals surface area contributed by atoms with E-state index in [1.165, 1.54) is 11.1 Å². The fraction of sp³-hybridized carbons (Fsp3) is 0.606. The van der Waals surface area contributed by atoms with Gasteiger partial charge in [0.25, 0.3) is 5.91 Å². The van der Waals surface area contributed by atoms with Crippen LogP contribution >= 0.6 is 11.6 Å². The van der Waals surface area contributed by atoms with E-state index in [2.05, 4.69) is 28.7 Å². The molecular formula is C33H43ClN2O4S. The maximum Gasteiger partial charge on any atom is 0.263 e. The Morgan fingerprint density at radius 3 is 2.71 bits per heavy atom. The molecule has 2 N–H and O–H groups in total. The van der Waals surface area contributed by atoms with Crippen molar-refractivity contribution in [2.45, 2.75) is 88.4 Å². The molecule has 2 bridgehead atoms. The number of rotatable bonds is 0. The molecule has 1 fully saturated rings. The highest BCUT2D eigenvalue weighted by atomic mass is 35.5. The summed E-state index contributed by atoms with van der Waals surface area (Å²) in [6, 6.07) is 11.9. The van der Waals surface area contributed by atoms with Gasteiger partial charge >= 0.3 is 0 Å². The number of carbonyl (C=O) groups excluding carboxylic acids is 1. The first kappa shape index (κ1) is 29.0. The number of carbonyl (C=O) groups is 1. The van der Waals surface area contributed by atoms with Crippen LogP contribution in [-0.2, 0) is 22.8 Å². The molecule has 2 aromatic carbocycles. The summed E-state index contributed by atoms with van der Waals surface area (Å²) in [6.07, 6.45) is 7.67. The molecule has 2 aliphatic heterocycles. The number of aryl methyl sites for hydroxylation is 1. The lowest BCUT2D eigenvalue weighted by atomic mass is 9.63. The summed E-state index contributed by atoms with van der Waals surface area (Å²) < 4.78 is 22.5. The highest BCUT2D eigenvalue weighted by Crippen LogP contribution is 2.48. The van der Waals surface area contributed by atoms with Crippen molar-refractivity contribution in [1.29, 1.82) is 0 Å². The van der Waals surface area contributed by atoms with Crippen LogP contribution in [0.1, 0.15) is 87.2 Å². The van der Waals surface area contributed by atoms with Gasteiger partial charge in [0, 0.05) is 29.1 Å². The van der Waals surface area contributed by atoms with E-state index in [0.29, 0.717) is 18.1 Å². The summed E-state index contributed by atoms with van der Waals surface area (Å²) in [5.41, 5.74) is 3.05. The first-order valence-electron chi connectivity index (χ1n) is 15.3. The van der Waals surface area contributed by atoms with Crippen LogP contribution < -0.4 is 14.4 Å². The molecule has 2 aliphatic carbocycles. The zero-order valence-corrected chi connectivity index (χ0v) is 26.0. The third-order valence-corrected chi connectivity index (χ3v) is 12.4. The van der Waals surface area contributed by atoms with Gasteiger partial charge < -0.3 is 14.7 Å². The van der Waals surface area contributed by atoms with Crippen LogP contribution in [0.4, 0.5) is 5.69 Å². The predicted octanol–water partition coefficient (Wildman–Crippen LogP) is 6.19. The first-order chi connectivity index (χ1) is 19.6. The molecule has 1 amide bonds. The minimum atomic E-state index is -1.51. The third-order valence-electron chi connectivity index (χ3n) is 10.6. The van der Waals surface area contributed by atoms with E-state index < -0.39 is 16.6 Å². The Bertz CT molecular complexity index is 1350. The monoisotopic (exact) mass is 598 g/mol. The van der Waals surface area contributed by atoms with Crippen molar-refractivity contribution < 1.29 is 18.8 Å². The summed E-state index contributed by atoms with van der Waals surface area (Å²) in [7, 11) is -1.51. The largest absolute Gasteiger partial charge is 0.490 e. The molecule has 8 heteroatoms. The van der Waals surface area contributed by atoms with Gasteiger partial charge in [-0.1, -0.05) is 31.0 Å². The normalized spacial score (nSPS) is 35.8. The van der Waals surface area contributed by atoms with Crippen molar-refractivity contribution in [1.82, 2.24) is 4.72 Å². The molecule has 2 heterocycles. The van der Waals surface area contributed by atoms with Gasteiger partial charge in [-0.3, -0.25) is 9.52 Å². The number of nitrogens with zero attached hydrogens (tertiary/aromatic N) is 1. The predicted molar refractivity (Wildman–Crippen MR) is 165 cm³/mol. The second kappa shape index (κ2) is 11.2. The molecule has 0 aromatic heterocycles. The van der Waals surface area contributed by atoms with Crippen molar-refractivity contribution in [3.05, 3.63) is 58.1 Å². The van der Waals surface area contributed by atoms with Gasteiger partial charge in [-0.15, -0.1) is 0 Å². The lowest BCUT2D eigenvalue weighted by Crippen LogP contribution is -2.52. The Labute approximate surface area is 251 Å². The van der Waals surface area contributed by atoms with E-state index in [0.717, 1.165) is 80.9 Å². The van der Waals surface area contributed by atoms with Gasteiger partial charge in [-0.25, -0.2) is 4.21 Å². The van der Waals surface area contributed by atoms with Crippen LogP contribution in [-0.4, -0.2) is 45.8 Å². The number of anilines is 1. The molecule has 1 saturated carbocycles. The molecule has 41 heavy (non-hydrogen) atoms. The number of aliphatic hydroxyl groups is 1. The van der Waals surface area contributed by atoms with Crippen LogP contribution in [0.2, 0.25) is 5.02 Å². The molecule has 1 spiro atoms. The van der Waals surface area contributed by atoms with Gasteiger partial charge in [0.15, 0.2) is 0 Å². The Hall–Kier alpha value is -2.09. The van der Waals surface area contributed by atoms with Crippen molar-refractivity contribution in [3.8, 4) is 5.75 Å². The van der Waals surface area contributed by atoms with Crippen LogP contribution in [0, 0.1) is 17.8 Å². The molecular weight excluding hydrogens is 556 g/mol. The minimum Gasteiger partial charge on any atom is -0.490 e. The quantitative estimate of drug-likeness (QED) is 0.378. The summed E-state index contributed by atoms with van der Waals surface area (Å²) in [5, 5.41) is 12.2. The number of hydrogen-bond acceptors (Lipinski definition) is 5. The third kappa shape index (κ3) is 5.54. The van der Waals surface area contributed by atoms with Crippen molar-refractivity contribution in [3.63, 3.8) is 0 Å². The Morgan fingerprint density at radius 2 is 1.93 bits per heavy atom. The standard InChI is InChI=1S/C33H43ClN2O4S/c1-21-6-4-14-32(3,38)27-11-8-25(27)18-36-19-33(15-5-7-23-16-26(34)10-12-28(23)33)20-40-30-13-9-24(17-29(30)36)31(37)35-41(39)22(21)2/h9-10,12-13,16-17,21-22,25,27,38H,4-8,11,14-15,18-20H2,1-3H3,(H,35,37)/t21?,22?,25?,27?,32?,33-,41?/m0/s1. The molecule has 6 unspecified atom stereocenters. The fourth-order valence-corrected chi connectivity index (χ4v) is 9.04. The number of ether oxygens (including phenoxy) is 1. The van der Waals surface area contributed by atoms with E-state index in [4.69, 9.17) is 16.3 Å². The number of halogens is 1. The average molecular weight is 599 g/mol. The second-order valence-electron chi connectivity index (χ2n) is 13.4. The summed E-state index contributed by atoms with van der Waals surface area (Å²) in [5.74, 6) is 1.20. The summed E-state index contributed by atoms with van der Waals surface area (Å²) >= 11 is 6.41. The maximum atomic E-state index is 13.3. The van der Waals surface area contributed by atoms with E-state index in [1.807, 2.05) is 32.0 Å². The molecule has 4 aliphatic rings. The molecule has 0 saturated heterocycles. The molecule has 6 rings (SSSR count). The number of fused-ring (bicyclic) bond motifs is 4. The lowest BCUT2D eigenvalue weighted by Gasteiger charge is -2.49. The maximum absolute atomic E-state index is 13.3. The molecule has 0 radical (unpaired) electrons. The van der Waals surface area contributed by atoms with Crippen molar-refractivity contribution >= 4 is 34.2 Å². The number of hydrogen-bond donors (Lipinski definition) is 2. The van der Waals surface area contributed by atoms with E-state index in [1.54, 1.807) is 6.07 Å². The molecule has 222 valence electrons. The summed E-state index contributed by atoms with van der Waals surface area (Å²) in [6.45, 7) is 8.16. The van der Waals surface area contributed by atoms with Crippen LogP contribution in [0.15, 0.2) is 36.4 Å². The SMILES string of the molecule is CC1CCCC(C)(O)C2CCC2CN2C[C@@]3(CCCc4cc(Cl)ccc43)COc3ccc(cc32)C(=O)NS(=O)C1C. The highest BCUT2D eigenvalue weighted by Gasteiger charge is 2.47. The zero-order valence-electron chi connectivity index (χ0n) is 24.5. The molecule has 6 nitrogen and oxygen atoms in total. The Balaban J connectivity index is 1.41. The van der Waals surface area contributed by atoms with E-state index >= 15 is 0 Å². The van der Waals surface area contributed by atoms with Crippen LogP contribution in [0.5, 0.6) is 5.75 Å². The molecule has 2 aromatic rings. The summed E-state index contributed by atoms with van der Waals surface area (Å²) in [4.78, 5) is 15.8. The first-order valence-corrected chi connectivity index (χ1v) is 16.9. The highest BCUT2D eigenvalue weighted by molar-refractivity contribution is 7.84. The van der Waals surface area contributed by atoms with E-state index in [-0.39, 0.29) is 28.4 Å². The van der Waals surface area contributed by atoms with Crippen molar-refractivity contribution in [2.24, 2.45) is 17.8 Å². The number of amides is 1. The average Bonchev–Trinajstić information content (AvgIpc) is 3.06. The van der Waals surface area contributed by atoms with Gasteiger partial charge in [0.05, 0.1) is 23.1 Å². The van der Waals surface area contributed by atoms with E-state index in [9.17, 15) is 14.1 Å². The number of nitrogens with one attached hydrogen (secondary N) is 1. The topological polar surface area (TPSA) is 78.9 Å². The minimum absolute atomic E-state index is 0.164. The van der Waals surface area contributed by atoms with Gasteiger partial charge in [0.1, 0.15) is 16.7 Å². The second-order valence-corrected chi connectivity index (χ2v) is 15.4.